The molecule has 0 unspecified atom stereocenters. The molecule has 0 aliphatic carbocycles. The second kappa shape index (κ2) is 5.71. The van der Waals surface area contributed by atoms with Crippen molar-refractivity contribution in [2.45, 2.75) is 18.4 Å². The molecule has 1 aromatic carbocycles. The van der Waals surface area contributed by atoms with Crippen LogP contribution in [0.4, 0.5) is 0 Å². The fourth-order valence-corrected chi connectivity index (χ4v) is 2.55. The molecule has 0 saturated heterocycles. The topological polar surface area (TPSA) is 12.9 Å². The zero-order valence-corrected chi connectivity index (χ0v) is 10.2. The maximum absolute atomic E-state index is 4.31. The molecule has 2 aromatic rings. The van der Waals surface area contributed by atoms with E-state index in [0.29, 0.717) is 0 Å². The molecule has 16 heavy (non-hydrogen) atoms. The van der Waals surface area contributed by atoms with E-state index in [1.165, 1.54) is 11.1 Å². The van der Waals surface area contributed by atoms with Gasteiger partial charge in [-0.2, -0.15) is 11.8 Å². The highest BCUT2D eigenvalue weighted by Gasteiger charge is 1.98. The van der Waals surface area contributed by atoms with Gasteiger partial charge in [-0.1, -0.05) is 30.3 Å². The maximum atomic E-state index is 4.31. The number of thioether (sulfide) groups is 1. The molecule has 2 rings (SSSR count). The number of rotatable bonds is 4. The molecule has 0 saturated carbocycles. The summed E-state index contributed by atoms with van der Waals surface area (Å²) < 4.78 is 0. The van der Waals surface area contributed by atoms with Gasteiger partial charge in [-0.3, -0.25) is 4.98 Å². The van der Waals surface area contributed by atoms with Crippen LogP contribution < -0.4 is 0 Å². The average molecular weight is 229 g/mol. The van der Waals surface area contributed by atoms with Crippen molar-refractivity contribution in [3.8, 4) is 0 Å². The zero-order chi connectivity index (χ0) is 11.2. The largest absolute Gasteiger partial charge is 0.260 e. The lowest BCUT2D eigenvalue weighted by atomic mass is 10.1. The average Bonchev–Trinajstić information content (AvgIpc) is 2.33. The Morgan fingerprint density at radius 3 is 2.56 bits per heavy atom. The van der Waals surface area contributed by atoms with Crippen molar-refractivity contribution >= 4 is 11.8 Å². The molecule has 1 nitrogen and oxygen atoms in total. The van der Waals surface area contributed by atoms with Gasteiger partial charge in [0.1, 0.15) is 0 Å². The predicted octanol–water partition coefficient (Wildman–Crippen LogP) is 3.82. The highest BCUT2D eigenvalue weighted by molar-refractivity contribution is 7.97. The Kier molecular flexibility index (Phi) is 4.00. The summed E-state index contributed by atoms with van der Waals surface area (Å²) in [6, 6.07) is 14.6. The fraction of sp³-hybridized carbons (Fsp3) is 0.214. The predicted molar refractivity (Wildman–Crippen MR) is 70.4 cm³/mol. The quantitative estimate of drug-likeness (QED) is 0.790. The van der Waals surface area contributed by atoms with Gasteiger partial charge in [0, 0.05) is 17.7 Å². The van der Waals surface area contributed by atoms with Crippen LogP contribution in [0.1, 0.15) is 16.8 Å². The molecular formula is C14H15NS. The molecule has 0 atom stereocenters. The minimum absolute atomic E-state index is 0.981. The summed E-state index contributed by atoms with van der Waals surface area (Å²) in [5.41, 5.74) is 3.94. The Labute approximate surface area is 101 Å². The van der Waals surface area contributed by atoms with Crippen LogP contribution in [0.3, 0.4) is 0 Å². The number of aryl methyl sites for hydroxylation is 1. The van der Waals surface area contributed by atoms with E-state index in [0.717, 1.165) is 17.2 Å². The first-order valence-corrected chi connectivity index (χ1v) is 6.54. The standard InChI is InChI=1S/C14H15NS/c1-12-6-2-3-7-13(12)10-16-11-14-8-4-5-9-15-14/h2-9H,10-11H2,1H3. The lowest BCUT2D eigenvalue weighted by molar-refractivity contribution is 1.17. The van der Waals surface area contributed by atoms with E-state index in [1.54, 1.807) is 0 Å². The molecule has 0 aliphatic rings. The maximum Gasteiger partial charge on any atom is 0.0502 e. The van der Waals surface area contributed by atoms with Gasteiger partial charge in [-0.05, 0) is 30.2 Å². The van der Waals surface area contributed by atoms with Gasteiger partial charge < -0.3 is 0 Å². The van der Waals surface area contributed by atoms with Gasteiger partial charge >= 0.3 is 0 Å². The third-order valence-corrected chi connectivity index (χ3v) is 3.51. The Morgan fingerprint density at radius 2 is 1.81 bits per heavy atom. The van der Waals surface area contributed by atoms with E-state index in [-0.39, 0.29) is 0 Å². The van der Waals surface area contributed by atoms with Crippen LogP contribution in [-0.4, -0.2) is 4.98 Å². The third-order valence-electron chi connectivity index (χ3n) is 2.49. The van der Waals surface area contributed by atoms with Crippen molar-refractivity contribution in [3.63, 3.8) is 0 Å². The normalized spacial score (nSPS) is 10.3. The molecular weight excluding hydrogens is 214 g/mol. The van der Waals surface area contributed by atoms with Crippen LogP contribution in [-0.2, 0) is 11.5 Å². The van der Waals surface area contributed by atoms with Gasteiger partial charge in [0.2, 0.25) is 0 Å². The Morgan fingerprint density at radius 1 is 1.00 bits per heavy atom. The summed E-state index contributed by atoms with van der Waals surface area (Å²) in [6.45, 7) is 2.16. The Bertz CT molecular complexity index is 439. The van der Waals surface area contributed by atoms with E-state index in [4.69, 9.17) is 0 Å². The lowest BCUT2D eigenvalue weighted by Gasteiger charge is -2.04. The fourth-order valence-electron chi connectivity index (χ4n) is 1.52. The van der Waals surface area contributed by atoms with Crippen LogP contribution in [0.2, 0.25) is 0 Å². The van der Waals surface area contributed by atoms with Crippen molar-refractivity contribution < 1.29 is 0 Å². The number of benzene rings is 1. The molecule has 0 spiro atoms. The number of pyridine rings is 1. The van der Waals surface area contributed by atoms with E-state index < -0.39 is 0 Å². The smallest absolute Gasteiger partial charge is 0.0502 e. The van der Waals surface area contributed by atoms with Crippen molar-refractivity contribution in [3.05, 3.63) is 65.5 Å². The summed E-state index contributed by atoms with van der Waals surface area (Å²) >= 11 is 1.91. The Hall–Kier alpha value is -1.28. The molecule has 0 radical (unpaired) electrons. The minimum Gasteiger partial charge on any atom is -0.260 e. The van der Waals surface area contributed by atoms with Gasteiger partial charge in [-0.15, -0.1) is 0 Å². The molecule has 0 bridgehead atoms. The minimum atomic E-state index is 0.981. The van der Waals surface area contributed by atoms with Gasteiger partial charge in [0.25, 0.3) is 0 Å². The molecule has 0 amide bonds. The second-order valence-electron chi connectivity index (χ2n) is 3.74. The van der Waals surface area contributed by atoms with Crippen LogP contribution in [0, 0.1) is 6.92 Å². The number of aromatic nitrogens is 1. The van der Waals surface area contributed by atoms with Crippen molar-refractivity contribution in [1.82, 2.24) is 4.98 Å². The van der Waals surface area contributed by atoms with Crippen molar-refractivity contribution in [2.75, 3.05) is 0 Å². The zero-order valence-electron chi connectivity index (χ0n) is 9.39. The van der Waals surface area contributed by atoms with Crippen LogP contribution in [0.5, 0.6) is 0 Å². The number of nitrogens with zero attached hydrogens (tertiary/aromatic N) is 1. The first-order chi connectivity index (χ1) is 7.86. The highest BCUT2D eigenvalue weighted by atomic mass is 32.2. The van der Waals surface area contributed by atoms with E-state index in [9.17, 15) is 0 Å². The van der Waals surface area contributed by atoms with Crippen LogP contribution in [0.15, 0.2) is 48.7 Å². The van der Waals surface area contributed by atoms with Crippen molar-refractivity contribution in [2.24, 2.45) is 0 Å². The molecule has 0 N–H and O–H groups in total. The first kappa shape index (κ1) is 11.2. The molecule has 0 fully saturated rings. The molecule has 1 aromatic heterocycles. The molecule has 0 aliphatic heterocycles. The summed E-state index contributed by atoms with van der Waals surface area (Å²) in [5.74, 6) is 2.04. The van der Waals surface area contributed by atoms with Crippen molar-refractivity contribution in [1.29, 1.82) is 0 Å². The monoisotopic (exact) mass is 229 g/mol. The van der Waals surface area contributed by atoms with Gasteiger partial charge in [-0.25, -0.2) is 0 Å². The number of hydrogen-bond acceptors (Lipinski definition) is 2. The second-order valence-corrected chi connectivity index (χ2v) is 4.73. The van der Waals surface area contributed by atoms with Crippen LogP contribution in [0.25, 0.3) is 0 Å². The molecule has 1 heterocycles. The lowest BCUT2D eigenvalue weighted by Crippen LogP contribution is -1.88. The first-order valence-electron chi connectivity index (χ1n) is 5.38. The van der Waals surface area contributed by atoms with E-state index in [1.807, 2.05) is 30.1 Å². The van der Waals surface area contributed by atoms with Crippen LogP contribution >= 0.6 is 11.8 Å². The third kappa shape index (κ3) is 3.11. The Balaban J connectivity index is 1.87. The number of hydrogen-bond donors (Lipinski definition) is 0. The van der Waals surface area contributed by atoms with E-state index in [2.05, 4.69) is 42.2 Å². The highest BCUT2D eigenvalue weighted by Crippen LogP contribution is 2.18. The molecule has 82 valence electrons. The summed E-state index contributed by atoms with van der Waals surface area (Å²) in [5, 5.41) is 0. The van der Waals surface area contributed by atoms with Gasteiger partial charge in [0.05, 0.1) is 5.69 Å². The summed E-state index contributed by atoms with van der Waals surface area (Å²) in [6.07, 6.45) is 1.85. The summed E-state index contributed by atoms with van der Waals surface area (Å²) in [7, 11) is 0. The molecule has 2 heteroatoms. The SMILES string of the molecule is Cc1ccccc1CSCc1ccccn1. The summed E-state index contributed by atoms with van der Waals surface area (Å²) in [4.78, 5) is 4.31. The van der Waals surface area contributed by atoms with E-state index >= 15 is 0 Å². The van der Waals surface area contributed by atoms with Gasteiger partial charge in [0.15, 0.2) is 0 Å².